The fourth-order valence-electron chi connectivity index (χ4n) is 1.47. The molecule has 1 aromatic heterocycles. The van der Waals surface area contributed by atoms with Crippen molar-refractivity contribution < 1.29 is 9.90 Å². The Hall–Kier alpha value is -1.65. The highest BCUT2D eigenvalue weighted by atomic mass is 16.4. The third kappa shape index (κ3) is 3.49. The van der Waals surface area contributed by atoms with Crippen molar-refractivity contribution in [3.63, 3.8) is 0 Å². The lowest BCUT2D eigenvalue weighted by Gasteiger charge is -2.16. The predicted molar refractivity (Wildman–Crippen MR) is 61.6 cm³/mol. The van der Waals surface area contributed by atoms with Gasteiger partial charge in [-0.1, -0.05) is 20.3 Å². The van der Waals surface area contributed by atoms with Gasteiger partial charge in [0, 0.05) is 6.04 Å². The van der Waals surface area contributed by atoms with E-state index in [-0.39, 0.29) is 5.69 Å². The minimum atomic E-state index is -1.06. The van der Waals surface area contributed by atoms with Gasteiger partial charge in [0.2, 0.25) is 0 Å². The second-order valence-corrected chi connectivity index (χ2v) is 3.63. The van der Waals surface area contributed by atoms with Crippen LogP contribution in [0.4, 0.5) is 5.82 Å². The normalized spacial score (nSPS) is 12.1. The van der Waals surface area contributed by atoms with Crippen LogP contribution in [0.2, 0.25) is 0 Å². The van der Waals surface area contributed by atoms with Crippen LogP contribution in [-0.2, 0) is 0 Å². The number of carboxylic acids is 1. The average molecular weight is 223 g/mol. The molecule has 0 saturated carbocycles. The predicted octanol–water partition coefficient (Wildman–Crippen LogP) is 2.17. The Bertz CT molecular complexity index is 355. The standard InChI is InChI=1S/C11H17N3O2/c1-3-5-8(4-2)13-10-7-12-6-9(14-10)11(15)16/h6-8H,3-5H2,1-2H3,(H,13,14)(H,15,16). The molecule has 1 aromatic rings. The highest BCUT2D eigenvalue weighted by Crippen LogP contribution is 2.10. The first-order valence-electron chi connectivity index (χ1n) is 5.49. The molecule has 0 spiro atoms. The van der Waals surface area contributed by atoms with E-state index in [1.165, 1.54) is 6.20 Å². The minimum Gasteiger partial charge on any atom is -0.476 e. The van der Waals surface area contributed by atoms with Gasteiger partial charge in [0.1, 0.15) is 5.82 Å². The summed E-state index contributed by atoms with van der Waals surface area (Å²) in [6.07, 6.45) is 5.89. The van der Waals surface area contributed by atoms with Crippen molar-refractivity contribution in [3.8, 4) is 0 Å². The second kappa shape index (κ2) is 6.05. The van der Waals surface area contributed by atoms with Crippen LogP contribution in [0.15, 0.2) is 12.4 Å². The number of hydrogen-bond acceptors (Lipinski definition) is 4. The third-order valence-corrected chi connectivity index (χ3v) is 2.34. The van der Waals surface area contributed by atoms with Crippen molar-refractivity contribution >= 4 is 11.8 Å². The second-order valence-electron chi connectivity index (χ2n) is 3.63. The molecule has 1 atom stereocenters. The molecule has 5 heteroatoms. The van der Waals surface area contributed by atoms with Crippen LogP contribution in [0.5, 0.6) is 0 Å². The van der Waals surface area contributed by atoms with Gasteiger partial charge < -0.3 is 10.4 Å². The monoisotopic (exact) mass is 223 g/mol. The number of aromatic carboxylic acids is 1. The van der Waals surface area contributed by atoms with E-state index in [9.17, 15) is 4.79 Å². The molecule has 2 N–H and O–H groups in total. The molecule has 1 rings (SSSR count). The number of hydrogen-bond donors (Lipinski definition) is 2. The summed E-state index contributed by atoms with van der Waals surface area (Å²) in [4.78, 5) is 18.5. The van der Waals surface area contributed by atoms with Gasteiger partial charge in [0.15, 0.2) is 5.69 Å². The van der Waals surface area contributed by atoms with Crippen molar-refractivity contribution in [2.45, 2.75) is 39.2 Å². The molecule has 0 fully saturated rings. The first kappa shape index (κ1) is 12.4. The number of anilines is 1. The van der Waals surface area contributed by atoms with Gasteiger partial charge in [0.05, 0.1) is 12.4 Å². The number of carbonyl (C=O) groups is 1. The molecule has 0 aliphatic rings. The van der Waals surface area contributed by atoms with Gasteiger partial charge in [0.25, 0.3) is 0 Å². The van der Waals surface area contributed by atoms with Crippen molar-refractivity contribution in [2.24, 2.45) is 0 Å². The van der Waals surface area contributed by atoms with Gasteiger partial charge in [-0.2, -0.15) is 0 Å². The first-order valence-corrected chi connectivity index (χ1v) is 5.49. The van der Waals surface area contributed by atoms with Crippen LogP contribution in [0, 0.1) is 0 Å². The van der Waals surface area contributed by atoms with Gasteiger partial charge in [-0.15, -0.1) is 0 Å². The molecule has 0 radical (unpaired) electrons. The molecule has 1 unspecified atom stereocenters. The van der Waals surface area contributed by atoms with Crippen LogP contribution in [0.25, 0.3) is 0 Å². The van der Waals surface area contributed by atoms with E-state index in [0.29, 0.717) is 11.9 Å². The summed E-state index contributed by atoms with van der Waals surface area (Å²) >= 11 is 0. The van der Waals surface area contributed by atoms with E-state index in [1.807, 2.05) is 0 Å². The van der Waals surface area contributed by atoms with Gasteiger partial charge >= 0.3 is 5.97 Å². The van der Waals surface area contributed by atoms with E-state index in [2.05, 4.69) is 29.1 Å². The average Bonchev–Trinajstić information content (AvgIpc) is 2.29. The van der Waals surface area contributed by atoms with E-state index in [1.54, 1.807) is 6.20 Å². The zero-order chi connectivity index (χ0) is 12.0. The van der Waals surface area contributed by atoms with Gasteiger partial charge in [-0.25, -0.2) is 9.78 Å². The molecule has 0 saturated heterocycles. The summed E-state index contributed by atoms with van der Waals surface area (Å²) < 4.78 is 0. The summed E-state index contributed by atoms with van der Waals surface area (Å²) in [5.74, 6) is -0.528. The lowest BCUT2D eigenvalue weighted by atomic mass is 10.1. The Morgan fingerprint density at radius 3 is 2.81 bits per heavy atom. The Morgan fingerprint density at radius 1 is 1.50 bits per heavy atom. The van der Waals surface area contributed by atoms with Gasteiger partial charge in [-0.3, -0.25) is 4.98 Å². The summed E-state index contributed by atoms with van der Waals surface area (Å²) in [5, 5.41) is 12.0. The Kier molecular flexibility index (Phi) is 4.69. The molecular weight excluding hydrogens is 206 g/mol. The largest absolute Gasteiger partial charge is 0.476 e. The molecule has 0 aliphatic carbocycles. The van der Waals surface area contributed by atoms with Crippen molar-refractivity contribution in [2.75, 3.05) is 5.32 Å². The first-order chi connectivity index (χ1) is 7.67. The number of rotatable bonds is 6. The quantitative estimate of drug-likeness (QED) is 0.773. The summed E-state index contributed by atoms with van der Waals surface area (Å²) in [6.45, 7) is 4.20. The highest BCUT2D eigenvalue weighted by Gasteiger charge is 2.09. The maximum absolute atomic E-state index is 10.7. The maximum atomic E-state index is 10.7. The lowest BCUT2D eigenvalue weighted by Crippen LogP contribution is -2.19. The van der Waals surface area contributed by atoms with E-state index >= 15 is 0 Å². The molecule has 88 valence electrons. The fourth-order valence-corrected chi connectivity index (χ4v) is 1.47. The summed E-state index contributed by atoms with van der Waals surface area (Å²) in [5.41, 5.74) is -0.0312. The van der Waals surface area contributed by atoms with E-state index < -0.39 is 5.97 Å². The number of nitrogens with one attached hydrogen (secondary N) is 1. The van der Waals surface area contributed by atoms with Crippen molar-refractivity contribution in [1.82, 2.24) is 9.97 Å². The number of nitrogens with zero attached hydrogens (tertiary/aromatic N) is 2. The topological polar surface area (TPSA) is 75.1 Å². The Morgan fingerprint density at radius 2 is 2.25 bits per heavy atom. The maximum Gasteiger partial charge on any atom is 0.356 e. The highest BCUT2D eigenvalue weighted by molar-refractivity contribution is 5.85. The fraction of sp³-hybridized carbons (Fsp3) is 0.545. The SMILES string of the molecule is CCCC(CC)Nc1cncc(C(=O)O)n1. The third-order valence-electron chi connectivity index (χ3n) is 2.34. The van der Waals surface area contributed by atoms with Crippen LogP contribution >= 0.6 is 0 Å². The Labute approximate surface area is 94.9 Å². The van der Waals surface area contributed by atoms with Crippen molar-refractivity contribution in [1.29, 1.82) is 0 Å². The van der Waals surface area contributed by atoms with E-state index in [4.69, 9.17) is 5.11 Å². The van der Waals surface area contributed by atoms with Gasteiger partial charge in [-0.05, 0) is 12.8 Å². The molecule has 0 aromatic carbocycles. The van der Waals surface area contributed by atoms with Crippen molar-refractivity contribution in [3.05, 3.63) is 18.1 Å². The molecular formula is C11H17N3O2. The smallest absolute Gasteiger partial charge is 0.356 e. The minimum absolute atomic E-state index is 0.0312. The molecule has 16 heavy (non-hydrogen) atoms. The number of aromatic nitrogens is 2. The van der Waals surface area contributed by atoms with Crippen LogP contribution in [0.1, 0.15) is 43.6 Å². The Balaban J connectivity index is 2.72. The van der Waals surface area contributed by atoms with Crippen LogP contribution < -0.4 is 5.32 Å². The summed E-state index contributed by atoms with van der Waals surface area (Å²) in [7, 11) is 0. The molecule has 1 heterocycles. The van der Waals surface area contributed by atoms with E-state index in [0.717, 1.165) is 19.3 Å². The molecule has 0 aliphatic heterocycles. The molecule has 5 nitrogen and oxygen atoms in total. The zero-order valence-corrected chi connectivity index (χ0v) is 9.60. The lowest BCUT2D eigenvalue weighted by molar-refractivity contribution is 0.0690. The molecule has 0 bridgehead atoms. The van der Waals surface area contributed by atoms with Crippen LogP contribution in [-0.4, -0.2) is 27.1 Å². The zero-order valence-electron chi connectivity index (χ0n) is 9.60. The number of carboxylic acid groups (broad SMARTS) is 1. The molecule has 0 amide bonds. The van der Waals surface area contributed by atoms with Crippen LogP contribution in [0.3, 0.4) is 0 Å². The summed E-state index contributed by atoms with van der Waals surface area (Å²) in [6, 6.07) is 0.323.